The summed E-state index contributed by atoms with van der Waals surface area (Å²) in [5.74, 6) is 2.49. The minimum absolute atomic E-state index is 0.0601. The second kappa shape index (κ2) is 8.18. The number of anilines is 2. The molecule has 0 aromatic heterocycles. The van der Waals surface area contributed by atoms with Crippen molar-refractivity contribution in [1.82, 2.24) is 0 Å². The quantitative estimate of drug-likeness (QED) is 0.407. The Labute approximate surface area is 220 Å². The Bertz CT molecular complexity index is 1330. The maximum Gasteiger partial charge on any atom is 0.161 e. The Morgan fingerprint density at radius 3 is 1.95 bits per heavy atom. The highest BCUT2D eigenvalue weighted by atomic mass is 16.1. The summed E-state index contributed by atoms with van der Waals surface area (Å²) in [5, 5.41) is 6.89. The topological polar surface area (TPSA) is 58.2 Å². The number of hydrogen-bond donors (Lipinski definition) is 2. The molecular formula is C33H38N2O2. The van der Waals surface area contributed by atoms with E-state index in [1.807, 2.05) is 6.92 Å². The number of ketones is 2. The summed E-state index contributed by atoms with van der Waals surface area (Å²) in [4.78, 5) is 25.0. The maximum atomic E-state index is 12.5. The van der Waals surface area contributed by atoms with E-state index in [1.54, 1.807) is 0 Å². The molecule has 4 aliphatic carbocycles. The van der Waals surface area contributed by atoms with Crippen molar-refractivity contribution in [1.29, 1.82) is 0 Å². The third-order valence-electron chi connectivity index (χ3n) is 10.1. The second-order valence-electron chi connectivity index (χ2n) is 13.0. The van der Waals surface area contributed by atoms with E-state index in [0.717, 1.165) is 34.8 Å². The van der Waals surface area contributed by atoms with Crippen LogP contribution in [0.5, 0.6) is 0 Å². The van der Waals surface area contributed by atoms with Crippen LogP contribution in [0.2, 0.25) is 0 Å². The number of fused-ring (bicyclic) bond motifs is 2. The molecule has 0 saturated heterocycles. The van der Waals surface area contributed by atoms with Crippen LogP contribution in [-0.4, -0.2) is 11.6 Å². The number of allylic oxidation sites excluding steroid dienone is 3. The molecule has 0 heterocycles. The lowest BCUT2D eigenvalue weighted by Gasteiger charge is -2.20. The molecule has 5 atom stereocenters. The maximum absolute atomic E-state index is 12.5. The van der Waals surface area contributed by atoms with Crippen LogP contribution in [-0.2, 0) is 16.0 Å². The summed E-state index contributed by atoms with van der Waals surface area (Å²) in [6.07, 6.45) is 2.24. The van der Waals surface area contributed by atoms with Gasteiger partial charge in [0.2, 0.25) is 0 Å². The molecule has 0 amide bonds. The fourth-order valence-corrected chi connectivity index (χ4v) is 7.61. The van der Waals surface area contributed by atoms with E-state index in [4.69, 9.17) is 0 Å². The Morgan fingerprint density at radius 2 is 1.41 bits per heavy atom. The number of Topliss-reactive ketones (excluding diaryl/α,β-unsaturated/α-hetero) is 2. The monoisotopic (exact) mass is 494 g/mol. The summed E-state index contributed by atoms with van der Waals surface area (Å²) in [6.45, 7) is 15.3. The summed E-state index contributed by atoms with van der Waals surface area (Å²) in [7, 11) is 0. The van der Waals surface area contributed by atoms with Gasteiger partial charge in [-0.2, -0.15) is 0 Å². The fourth-order valence-electron chi connectivity index (χ4n) is 7.61. The Balaban J connectivity index is 1.06. The van der Waals surface area contributed by atoms with Crippen LogP contribution in [0.25, 0.3) is 0 Å². The molecule has 0 unspecified atom stereocenters. The van der Waals surface area contributed by atoms with Crippen LogP contribution >= 0.6 is 0 Å². The first-order valence-corrected chi connectivity index (χ1v) is 13.7. The first-order valence-electron chi connectivity index (χ1n) is 13.7. The SMILES string of the molecule is C=C(Nc1ccc(Cc2ccc(N/C(C)=C3\C(=O)C[C@@H]4[C@H]3C4(C)C)cc2)cc1)[C@H]1C(=O)C[C@H]2[C@@H]1C2(C)C. The van der Waals surface area contributed by atoms with Gasteiger partial charge in [0, 0.05) is 41.2 Å². The van der Waals surface area contributed by atoms with Crippen LogP contribution in [0, 0.1) is 40.4 Å². The minimum atomic E-state index is -0.0601. The van der Waals surface area contributed by atoms with Gasteiger partial charge in [0.05, 0.1) is 5.92 Å². The van der Waals surface area contributed by atoms with E-state index < -0.39 is 0 Å². The molecule has 4 saturated carbocycles. The van der Waals surface area contributed by atoms with E-state index >= 15 is 0 Å². The van der Waals surface area contributed by atoms with Crippen molar-refractivity contribution in [3.63, 3.8) is 0 Å². The van der Waals surface area contributed by atoms with Crippen molar-refractivity contribution in [2.75, 3.05) is 10.6 Å². The first kappa shape index (κ1) is 24.2. The summed E-state index contributed by atoms with van der Waals surface area (Å²) < 4.78 is 0. The van der Waals surface area contributed by atoms with E-state index in [0.29, 0.717) is 48.1 Å². The zero-order valence-corrected chi connectivity index (χ0v) is 22.7. The van der Waals surface area contributed by atoms with Crippen molar-refractivity contribution in [3.05, 3.63) is 83.2 Å². The van der Waals surface area contributed by atoms with Crippen molar-refractivity contribution in [3.8, 4) is 0 Å². The molecule has 2 N–H and O–H groups in total. The van der Waals surface area contributed by atoms with Crippen LogP contribution < -0.4 is 10.6 Å². The van der Waals surface area contributed by atoms with Gasteiger partial charge in [0.1, 0.15) is 5.78 Å². The summed E-state index contributed by atoms with van der Waals surface area (Å²) >= 11 is 0. The van der Waals surface area contributed by atoms with Gasteiger partial charge in [-0.3, -0.25) is 9.59 Å². The van der Waals surface area contributed by atoms with Gasteiger partial charge in [0.15, 0.2) is 5.78 Å². The van der Waals surface area contributed by atoms with E-state index in [1.165, 1.54) is 11.1 Å². The molecule has 4 nitrogen and oxygen atoms in total. The fraction of sp³-hybridized carbons (Fsp3) is 0.455. The molecule has 4 heteroatoms. The van der Waals surface area contributed by atoms with Crippen LogP contribution in [0.4, 0.5) is 11.4 Å². The zero-order valence-electron chi connectivity index (χ0n) is 22.7. The average Bonchev–Trinajstić information content (AvgIpc) is 3.34. The molecule has 4 fully saturated rings. The highest BCUT2D eigenvalue weighted by Crippen LogP contribution is 2.69. The van der Waals surface area contributed by atoms with Crippen molar-refractivity contribution in [2.45, 2.75) is 53.9 Å². The van der Waals surface area contributed by atoms with Gasteiger partial charge in [-0.15, -0.1) is 0 Å². The molecular weight excluding hydrogens is 456 g/mol. The highest BCUT2D eigenvalue weighted by molar-refractivity contribution is 6.01. The standard InChI is InChI=1S/C33H38N2O2/c1-18(28-26(36)16-24-30(28)32(24,3)4)34-22-11-7-20(8-12-22)15-21-9-13-23(14-10-21)35-19(2)29-27(37)17-25-31(29)33(25,5)6/h7-14,24-25,28,30-31,34-35H,1,15-17H2,2-6H3/b29-19+/t24-,25+,28-,30-,31+/m0/s1. The van der Waals surface area contributed by atoms with Crippen molar-refractivity contribution >= 4 is 22.9 Å². The van der Waals surface area contributed by atoms with E-state index in [9.17, 15) is 9.59 Å². The number of rotatable bonds is 7. The zero-order chi connectivity index (χ0) is 26.3. The largest absolute Gasteiger partial charge is 0.359 e. The third-order valence-corrected chi connectivity index (χ3v) is 10.1. The van der Waals surface area contributed by atoms with Gasteiger partial charge in [-0.25, -0.2) is 0 Å². The highest BCUT2D eigenvalue weighted by Gasteiger charge is 2.67. The Morgan fingerprint density at radius 1 is 0.838 bits per heavy atom. The Hall–Kier alpha value is -3.14. The average molecular weight is 495 g/mol. The molecule has 192 valence electrons. The number of benzene rings is 2. The first-order chi connectivity index (χ1) is 17.5. The summed E-state index contributed by atoms with van der Waals surface area (Å²) in [6, 6.07) is 16.9. The molecule has 2 aromatic carbocycles. The van der Waals surface area contributed by atoms with E-state index in [-0.39, 0.29) is 16.7 Å². The van der Waals surface area contributed by atoms with Gasteiger partial charge in [-0.1, -0.05) is 58.5 Å². The summed E-state index contributed by atoms with van der Waals surface area (Å²) in [5.41, 5.74) is 7.84. The van der Waals surface area contributed by atoms with Crippen molar-refractivity contribution < 1.29 is 9.59 Å². The molecule has 0 aliphatic heterocycles. The normalized spacial score (nSPS) is 31.4. The lowest BCUT2D eigenvalue weighted by Crippen LogP contribution is -2.22. The lowest BCUT2D eigenvalue weighted by atomic mass is 9.89. The van der Waals surface area contributed by atoms with Crippen LogP contribution in [0.3, 0.4) is 0 Å². The molecule has 0 radical (unpaired) electrons. The Kier molecular flexibility index (Phi) is 5.35. The number of nitrogens with one attached hydrogen (secondary N) is 2. The van der Waals surface area contributed by atoms with Crippen LogP contribution in [0.1, 0.15) is 58.6 Å². The predicted octanol–water partition coefficient (Wildman–Crippen LogP) is 7.00. The number of hydrogen-bond acceptors (Lipinski definition) is 4. The number of carbonyl (C=O) groups is 2. The smallest absolute Gasteiger partial charge is 0.161 e. The minimum Gasteiger partial charge on any atom is -0.359 e. The van der Waals surface area contributed by atoms with E-state index in [2.05, 4.69) is 93.4 Å². The molecule has 2 aromatic rings. The van der Waals surface area contributed by atoms with Gasteiger partial charge in [0.25, 0.3) is 0 Å². The molecule has 6 rings (SSSR count). The molecule has 37 heavy (non-hydrogen) atoms. The van der Waals surface area contributed by atoms with Crippen molar-refractivity contribution in [2.24, 2.45) is 40.4 Å². The van der Waals surface area contributed by atoms with Gasteiger partial charge >= 0.3 is 0 Å². The third kappa shape index (κ3) is 3.96. The van der Waals surface area contributed by atoms with Gasteiger partial charge < -0.3 is 10.6 Å². The number of carbonyl (C=O) groups excluding carboxylic acids is 2. The van der Waals surface area contributed by atoms with Gasteiger partial charge in [-0.05, 0) is 83.2 Å². The second-order valence-corrected chi connectivity index (χ2v) is 13.0. The predicted molar refractivity (Wildman–Crippen MR) is 149 cm³/mol. The molecule has 4 aliphatic rings. The van der Waals surface area contributed by atoms with Crippen LogP contribution in [0.15, 0.2) is 72.1 Å². The molecule has 0 spiro atoms. The molecule has 0 bridgehead atoms. The lowest BCUT2D eigenvalue weighted by molar-refractivity contribution is -0.121.